The summed E-state index contributed by atoms with van der Waals surface area (Å²) in [5.41, 5.74) is 7.59. The number of para-hydroxylation sites is 1. The maximum atomic E-state index is 13.0. The summed E-state index contributed by atoms with van der Waals surface area (Å²) in [4.78, 5) is 11.8. The van der Waals surface area contributed by atoms with Gasteiger partial charge in [-0.25, -0.2) is 8.78 Å². The van der Waals surface area contributed by atoms with E-state index in [9.17, 15) is 13.6 Å². The van der Waals surface area contributed by atoms with Crippen molar-refractivity contribution < 1.29 is 13.6 Å². The Morgan fingerprint density at radius 2 is 1.76 bits per heavy atom. The molecule has 5 heteroatoms. The van der Waals surface area contributed by atoms with Crippen LogP contribution in [-0.2, 0) is 17.6 Å². The molecular weight excluding hydrogens is 274 g/mol. The van der Waals surface area contributed by atoms with Crippen molar-refractivity contribution in [3.05, 3.63) is 65.2 Å². The lowest BCUT2D eigenvalue weighted by Crippen LogP contribution is -2.27. The van der Waals surface area contributed by atoms with Gasteiger partial charge in [0.25, 0.3) is 0 Å². The molecule has 2 aromatic carbocycles. The lowest BCUT2D eigenvalue weighted by Gasteiger charge is -2.07. The molecule has 0 saturated carbocycles. The maximum Gasteiger partial charge on any atom is 0.224 e. The van der Waals surface area contributed by atoms with Crippen LogP contribution in [0.2, 0.25) is 0 Å². The largest absolute Gasteiger partial charge is 0.398 e. The van der Waals surface area contributed by atoms with Gasteiger partial charge in [0.15, 0.2) is 0 Å². The molecule has 0 bridgehead atoms. The summed E-state index contributed by atoms with van der Waals surface area (Å²) >= 11 is 0. The lowest BCUT2D eigenvalue weighted by atomic mass is 10.1. The third kappa shape index (κ3) is 4.56. The summed E-state index contributed by atoms with van der Waals surface area (Å²) in [6, 6.07) is 10.5. The normalized spacial score (nSPS) is 10.4. The zero-order valence-corrected chi connectivity index (χ0v) is 11.4. The summed E-state index contributed by atoms with van der Waals surface area (Å²) < 4.78 is 26.0. The number of nitrogen functional groups attached to an aromatic ring is 1. The third-order valence-electron chi connectivity index (χ3n) is 3.06. The van der Waals surface area contributed by atoms with E-state index in [1.165, 1.54) is 12.1 Å². The number of nitrogens with two attached hydrogens (primary N) is 1. The SMILES string of the molecule is Nc1ccccc1CC(=O)NCCc1cc(F)cc(F)c1. The van der Waals surface area contributed by atoms with Crippen molar-refractivity contribution >= 4 is 11.6 Å². The minimum absolute atomic E-state index is 0.176. The molecule has 0 unspecified atom stereocenters. The monoisotopic (exact) mass is 290 g/mol. The summed E-state index contributed by atoms with van der Waals surface area (Å²) in [5, 5.41) is 2.71. The highest BCUT2D eigenvalue weighted by molar-refractivity contribution is 5.80. The van der Waals surface area contributed by atoms with Gasteiger partial charge >= 0.3 is 0 Å². The molecule has 110 valence electrons. The molecule has 0 aliphatic rings. The summed E-state index contributed by atoms with van der Waals surface area (Å²) in [7, 11) is 0. The van der Waals surface area contributed by atoms with Crippen LogP contribution in [0, 0.1) is 11.6 Å². The molecule has 0 aliphatic heterocycles. The van der Waals surface area contributed by atoms with E-state index in [2.05, 4.69) is 5.32 Å². The number of amides is 1. The van der Waals surface area contributed by atoms with Crippen molar-refractivity contribution in [2.45, 2.75) is 12.8 Å². The molecule has 0 saturated heterocycles. The number of rotatable bonds is 5. The van der Waals surface area contributed by atoms with Gasteiger partial charge in [0.1, 0.15) is 11.6 Å². The van der Waals surface area contributed by atoms with Crippen molar-refractivity contribution in [3.8, 4) is 0 Å². The second kappa shape index (κ2) is 6.83. The van der Waals surface area contributed by atoms with Gasteiger partial charge in [-0.3, -0.25) is 4.79 Å². The van der Waals surface area contributed by atoms with Gasteiger partial charge in [-0.05, 0) is 35.7 Å². The summed E-state index contributed by atoms with van der Waals surface area (Å²) in [6.07, 6.45) is 0.550. The Balaban J connectivity index is 1.83. The molecule has 0 radical (unpaired) electrons. The van der Waals surface area contributed by atoms with Crippen LogP contribution in [0.25, 0.3) is 0 Å². The number of halogens is 2. The summed E-state index contributed by atoms with van der Waals surface area (Å²) in [6.45, 7) is 0.314. The number of carbonyl (C=O) groups excluding carboxylic acids is 1. The van der Waals surface area contributed by atoms with Crippen LogP contribution >= 0.6 is 0 Å². The van der Waals surface area contributed by atoms with Crippen LogP contribution < -0.4 is 11.1 Å². The van der Waals surface area contributed by atoms with Gasteiger partial charge in [-0.15, -0.1) is 0 Å². The number of nitrogens with one attached hydrogen (secondary N) is 1. The molecule has 2 rings (SSSR count). The zero-order chi connectivity index (χ0) is 15.2. The molecule has 0 aromatic heterocycles. The Morgan fingerprint density at radius 1 is 1.10 bits per heavy atom. The van der Waals surface area contributed by atoms with E-state index in [-0.39, 0.29) is 12.3 Å². The molecular formula is C16H16F2N2O. The van der Waals surface area contributed by atoms with Crippen molar-refractivity contribution in [1.29, 1.82) is 0 Å². The van der Waals surface area contributed by atoms with Crippen LogP contribution in [0.3, 0.4) is 0 Å². The number of carbonyl (C=O) groups is 1. The third-order valence-corrected chi connectivity index (χ3v) is 3.06. The van der Waals surface area contributed by atoms with Crippen LogP contribution in [0.4, 0.5) is 14.5 Å². The molecule has 0 atom stereocenters. The highest BCUT2D eigenvalue weighted by Crippen LogP contribution is 2.11. The quantitative estimate of drug-likeness (QED) is 0.831. The van der Waals surface area contributed by atoms with Gasteiger partial charge in [0, 0.05) is 18.3 Å². The molecule has 3 nitrogen and oxygen atoms in total. The fourth-order valence-electron chi connectivity index (χ4n) is 2.03. The zero-order valence-electron chi connectivity index (χ0n) is 11.4. The van der Waals surface area contributed by atoms with Gasteiger partial charge in [0.2, 0.25) is 5.91 Å². The molecule has 2 aromatic rings. The fraction of sp³-hybridized carbons (Fsp3) is 0.188. The van der Waals surface area contributed by atoms with Gasteiger partial charge in [0.05, 0.1) is 6.42 Å². The van der Waals surface area contributed by atoms with Crippen LogP contribution in [0.1, 0.15) is 11.1 Å². The van der Waals surface area contributed by atoms with Crippen LogP contribution in [-0.4, -0.2) is 12.5 Å². The Hall–Kier alpha value is -2.43. The predicted molar refractivity (Wildman–Crippen MR) is 77.6 cm³/mol. The highest BCUT2D eigenvalue weighted by atomic mass is 19.1. The molecule has 21 heavy (non-hydrogen) atoms. The van der Waals surface area contributed by atoms with Gasteiger partial charge in [-0.1, -0.05) is 18.2 Å². The summed E-state index contributed by atoms with van der Waals surface area (Å²) in [5.74, 6) is -1.41. The average molecular weight is 290 g/mol. The van der Waals surface area contributed by atoms with Gasteiger partial charge in [-0.2, -0.15) is 0 Å². The van der Waals surface area contributed by atoms with E-state index in [1.54, 1.807) is 18.2 Å². The number of anilines is 1. The molecule has 3 N–H and O–H groups in total. The van der Waals surface area contributed by atoms with E-state index in [0.717, 1.165) is 11.6 Å². The van der Waals surface area contributed by atoms with E-state index in [1.807, 2.05) is 6.07 Å². The topological polar surface area (TPSA) is 55.1 Å². The van der Waals surface area contributed by atoms with E-state index >= 15 is 0 Å². The Morgan fingerprint density at radius 3 is 2.43 bits per heavy atom. The first-order valence-electron chi connectivity index (χ1n) is 6.59. The van der Waals surface area contributed by atoms with Crippen molar-refractivity contribution in [2.75, 3.05) is 12.3 Å². The minimum atomic E-state index is -0.617. The molecule has 0 aliphatic carbocycles. The van der Waals surface area contributed by atoms with E-state index in [4.69, 9.17) is 5.73 Å². The Labute approximate surface area is 121 Å². The van der Waals surface area contributed by atoms with Crippen molar-refractivity contribution in [2.24, 2.45) is 0 Å². The molecule has 0 fully saturated rings. The van der Waals surface area contributed by atoms with E-state index in [0.29, 0.717) is 24.2 Å². The smallest absolute Gasteiger partial charge is 0.224 e. The Kier molecular flexibility index (Phi) is 4.87. The average Bonchev–Trinajstić information content (AvgIpc) is 2.40. The Bertz CT molecular complexity index is 624. The first-order chi connectivity index (χ1) is 10.0. The first kappa shape index (κ1) is 15.0. The standard InChI is InChI=1S/C16H16F2N2O/c17-13-7-11(8-14(18)10-13)5-6-20-16(21)9-12-3-1-2-4-15(12)19/h1-4,7-8,10H,5-6,9,19H2,(H,20,21). The highest BCUT2D eigenvalue weighted by Gasteiger charge is 2.06. The fourth-order valence-corrected chi connectivity index (χ4v) is 2.03. The lowest BCUT2D eigenvalue weighted by molar-refractivity contribution is -0.120. The van der Waals surface area contributed by atoms with E-state index < -0.39 is 11.6 Å². The second-order valence-electron chi connectivity index (χ2n) is 4.75. The second-order valence-corrected chi connectivity index (χ2v) is 4.75. The van der Waals surface area contributed by atoms with Crippen LogP contribution in [0.15, 0.2) is 42.5 Å². The minimum Gasteiger partial charge on any atom is -0.398 e. The van der Waals surface area contributed by atoms with Crippen molar-refractivity contribution in [1.82, 2.24) is 5.32 Å². The first-order valence-corrected chi connectivity index (χ1v) is 6.59. The maximum absolute atomic E-state index is 13.0. The predicted octanol–water partition coefficient (Wildman–Crippen LogP) is 2.45. The molecule has 0 spiro atoms. The number of benzene rings is 2. The number of hydrogen-bond acceptors (Lipinski definition) is 2. The number of hydrogen-bond donors (Lipinski definition) is 2. The van der Waals surface area contributed by atoms with Crippen molar-refractivity contribution in [3.63, 3.8) is 0 Å². The molecule has 1 amide bonds. The molecule has 0 heterocycles. The van der Waals surface area contributed by atoms with Gasteiger partial charge < -0.3 is 11.1 Å². The van der Waals surface area contributed by atoms with Crippen LogP contribution in [0.5, 0.6) is 0 Å².